The third kappa shape index (κ3) is 18.6. The van der Waals surface area contributed by atoms with Crippen molar-refractivity contribution in [1.29, 1.82) is 0 Å². The molecule has 0 aliphatic carbocycles. The van der Waals surface area contributed by atoms with Crippen molar-refractivity contribution in [2.24, 2.45) is 0 Å². The van der Waals surface area contributed by atoms with E-state index in [0.717, 1.165) is 25.7 Å². The van der Waals surface area contributed by atoms with E-state index in [0.29, 0.717) is 6.42 Å². The molecule has 0 bridgehead atoms. The molecule has 2 atom stereocenters. The first-order chi connectivity index (χ1) is 15.4. The molecule has 0 aliphatic heterocycles. The summed E-state index contributed by atoms with van der Waals surface area (Å²) >= 11 is 0. The number of rotatable bonds is 17. The van der Waals surface area contributed by atoms with E-state index in [1.54, 1.807) is 20.8 Å². The molecule has 0 aromatic rings. The number of alkyl halides is 3. The first-order valence-electron chi connectivity index (χ1n) is 12.6. The monoisotopic (exact) mass is 481 g/mol. The number of hydrogen-bond donors (Lipinski definition) is 1. The van der Waals surface area contributed by atoms with Gasteiger partial charge < -0.3 is 14.8 Å². The minimum atomic E-state index is -5.07. The van der Waals surface area contributed by atoms with Crippen molar-refractivity contribution >= 4 is 12.1 Å². The lowest BCUT2D eigenvalue weighted by atomic mass is 10.0. The molecule has 0 fully saturated rings. The molecule has 196 valence electrons. The van der Waals surface area contributed by atoms with Crippen molar-refractivity contribution in [3.8, 4) is 0 Å². The predicted molar refractivity (Wildman–Crippen MR) is 125 cm³/mol. The summed E-state index contributed by atoms with van der Waals surface area (Å²) in [6.45, 7) is 8.79. The Morgan fingerprint density at radius 2 is 1.21 bits per heavy atom. The number of carbonyl (C=O) groups is 2. The average Bonchev–Trinajstić information content (AvgIpc) is 2.68. The van der Waals surface area contributed by atoms with Crippen molar-refractivity contribution in [3.63, 3.8) is 0 Å². The van der Waals surface area contributed by atoms with Crippen LogP contribution in [0.2, 0.25) is 0 Å². The molecule has 0 aromatic carbocycles. The number of hydrogen-bond acceptors (Lipinski definition) is 4. The highest BCUT2D eigenvalue weighted by atomic mass is 19.4. The SMILES string of the molecule is CCCCCCCCCCCCCCC[C@@H](OC(=O)C(F)(F)F)[C@H](C)NC(=O)OC(C)(C)C. The first-order valence-corrected chi connectivity index (χ1v) is 12.6. The molecule has 0 rings (SSSR count). The van der Waals surface area contributed by atoms with Crippen LogP contribution < -0.4 is 5.32 Å². The lowest BCUT2D eigenvalue weighted by molar-refractivity contribution is -0.206. The van der Waals surface area contributed by atoms with Crippen LogP contribution in [0.25, 0.3) is 0 Å². The highest BCUT2D eigenvalue weighted by molar-refractivity contribution is 5.76. The van der Waals surface area contributed by atoms with Crippen molar-refractivity contribution in [3.05, 3.63) is 0 Å². The molecule has 0 spiro atoms. The molecule has 1 amide bonds. The molecule has 33 heavy (non-hydrogen) atoms. The Bertz CT molecular complexity index is 533. The summed E-state index contributed by atoms with van der Waals surface area (Å²) in [5.41, 5.74) is -0.739. The Morgan fingerprint density at radius 3 is 1.61 bits per heavy atom. The Balaban J connectivity index is 4.25. The molecule has 0 saturated carbocycles. The van der Waals surface area contributed by atoms with Gasteiger partial charge in [-0.25, -0.2) is 9.59 Å². The first kappa shape index (κ1) is 31.5. The highest BCUT2D eigenvalue weighted by Gasteiger charge is 2.43. The van der Waals surface area contributed by atoms with E-state index in [1.165, 1.54) is 58.3 Å². The van der Waals surface area contributed by atoms with Gasteiger partial charge in [-0.2, -0.15) is 13.2 Å². The highest BCUT2D eigenvalue weighted by Crippen LogP contribution is 2.21. The van der Waals surface area contributed by atoms with Crippen molar-refractivity contribution in [2.45, 2.75) is 148 Å². The van der Waals surface area contributed by atoms with Crippen molar-refractivity contribution in [1.82, 2.24) is 5.32 Å². The standard InChI is InChI=1S/C25H46F3NO4/c1-6-7-8-9-10-11-12-13-14-15-16-17-18-19-21(32-22(30)25(26,27)28)20(2)29-23(31)33-24(3,4)5/h20-21H,6-19H2,1-5H3,(H,29,31)/t20-,21+/m0/s1. The van der Waals surface area contributed by atoms with Gasteiger partial charge in [0.25, 0.3) is 0 Å². The Morgan fingerprint density at radius 1 is 0.788 bits per heavy atom. The Labute approximate surface area is 198 Å². The van der Waals surface area contributed by atoms with E-state index in [9.17, 15) is 22.8 Å². The van der Waals surface area contributed by atoms with Crippen LogP contribution in [0.1, 0.15) is 125 Å². The zero-order valence-corrected chi connectivity index (χ0v) is 21.3. The molecule has 0 aromatic heterocycles. The molecular formula is C25H46F3NO4. The maximum absolute atomic E-state index is 12.7. The molecule has 8 heteroatoms. The molecule has 5 nitrogen and oxygen atoms in total. The number of unbranched alkanes of at least 4 members (excludes halogenated alkanes) is 12. The van der Waals surface area contributed by atoms with E-state index in [4.69, 9.17) is 4.74 Å². The van der Waals surface area contributed by atoms with Gasteiger partial charge in [0.2, 0.25) is 0 Å². The van der Waals surface area contributed by atoms with Crippen LogP contribution in [0, 0.1) is 0 Å². The second kappa shape index (κ2) is 17.0. The molecule has 0 heterocycles. The summed E-state index contributed by atoms with van der Waals surface area (Å²) in [7, 11) is 0. The number of amides is 1. The summed E-state index contributed by atoms with van der Waals surface area (Å²) in [5.74, 6) is -2.24. The second-order valence-electron chi connectivity index (χ2n) is 9.91. The number of esters is 1. The number of halogens is 3. The third-order valence-corrected chi connectivity index (χ3v) is 5.38. The van der Waals surface area contributed by atoms with E-state index < -0.39 is 36.0 Å². The number of nitrogens with one attached hydrogen (secondary N) is 1. The average molecular weight is 482 g/mol. The van der Waals surface area contributed by atoms with Crippen LogP contribution in [-0.4, -0.2) is 36.0 Å². The van der Waals surface area contributed by atoms with E-state index in [2.05, 4.69) is 17.0 Å². The number of ether oxygens (including phenoxy) is 2. The summed E-state index contributed by atoms with van der Waals surface area (Å²) in [4.78, 5) is 23.3. The zero-order valence-electron chi connectivity index (χ0n) is 21.3. The number of alkyl carbamates (subject to hydrolysis) is 1. The lowest BCUT2D eigenvalue weighted by Crippen LogP contribution is -2.46. The molecule has 0 aliphatic rings. The van der Waals surface area contributed by atoms with Crippen LogP contribution in [0.3, 0.4) is 0 Å². The van der Waals surface area contributed by atoms with Crippen molar-refractivity contribution < 1.29 is 32.2 Å². The summed E-state index contributed by atoms with van der Waals surface area (Å²) < 4.78 is 47.8. The third-order valence-electron chi connectivity index (χ3n) is 5.38. The van der Waals surface area contributed by atoms with Gasteiger partial charge >= 0.3 is 18.2 Å². The zero-order chi connectivity index (χ0) is 25.3. The van der Waals surface area contributed by atoms with E-state index in [-0.39, 0.29) is 6.42 Å². The fourth-order valence-corrected chi connectivity index (χ4v) is 3.56. The fourth-order valence-electron chi connectivity index (χ4n) is 3.56. The van der Waals surface area contributed by atoms with Crippen LogP contribution in [0.15, 0.2) is 0 Å². The Hall–Kier alpha value is -1.47. The normalized spacial score (nSPS) is 13.9. The molecule has 0 radical (unpaired) electrons. The van der Waals surface area contributed by atoms with Gasteiger partial charge in [-0.1, -0.05) is 84.0 Å². The number of carbonyl (C=O) groups excluding carboxylic acids is 2. The van der Waals surface area contributed by atoms with E-state index >= 15 is 0 Å². The van der Waals surface area contributed by atoms with Crippen molar-refractivity contribution in [2.75, 3.05) is 0 Å². The molecular weight excluding hydrogens is 435 g/mol. The fraction of sp³-hybridized carbons (Fsp3) is 0.920. The Kier molecular flexibility index (Phi) is 16.3. The van der Waals surface area contributed by atoms with Crippen LogP contribution >= 0.6 is 0 Å². The molecule has 0 unspecified atom stereocenters. The van der Waals surface area contributed by atoms with Gasteiger partial charge in [0.05, 0.1) is 6.04 Å². The smallest absolute Gasteiger partial charge is 0.454 e. The maximum atomic E-state index is 12.7. The summed E-state index contributed by atoms with van der Waals surface area (Å²) in [5, 5.41) is 2.48. The lowest BCUT2D eigenvalue weighted by Gasteiger charge is -2.27. The minimum absolute atomic E-state index is 0.247. The van der Waals surface area contributed by atoms with Crippen LogP contribution in [-0.2, 0) is 14.3 Å². The quantitative estimate of drug-likeness (QED) is 0.170. The second-order valence-corrected chi connectivity index (χ2v) is 9.91. The maximum Gasteiger partial charge on any atom is 0.490 e. The van der Waals surface area contributed by atoms with Gasteiger partial charge in [0, 0.05) is 0 Å². The van der Waals surface area contributed by atoms with Gasteiger partial charge in [0.1, 0.15) is 11.7 Å². The topological polar surface area (TPSA) is 64.6 Å². The molecule has 0 saturated heterocycles. The molecule has 1 N–H and O–H groups in total. The summed E-state index contributed by atoms with van der Waals surface area (Å²) in [6, 6.07) is -0.802. The van der Waals surface area contributed by atoms with Crippen LogP contribution in [0.5, 0.6) is 0 Å². The van der Waals surface area contributed by atoms with Crippen LogP contribution in [0.4, 0.5) is 18.0 Å². The predicted octanol–water partition coefficient (Wildman–Crippen LogP) is 7.86. The minimum Gasteiger partial charge on any atom is -0.454 e. The van der Waals surface area contributed by atoms with Gasteiger partial charge in [-0.15, -0.1) is 0 Å². The largest absolute Gasteiger partial charge is 0.490 e. The van der Waals surface area contributed by atoms with Gasteiger partial charge in [0.15, 0.2) is 0 Å². The van der Waals surface area contributed by atoms with Gasteiger partial charge in [-0.05, 0) is 40.5 Å². The summed E-state index contributed by atoms with van der Waals surface area (Å²) in [6.07, 6.45) is 8.40. The van der Waals surface area contributed by atoms with Gasteiger partial charge in [-0.3, -0.25) is 0 Å². The van der Waals surface area contributed by atoms with E-state index in [1.807, 2.05) is 0 Å².